The van der Waals surface area contributed by atoms with Crippen LogP contribution in [0, 0.1) is 24.0 Å². The Morgan fingerprint density at radius 1 is 1.18 bits per heavy atom. The maximum absolute atomic E-state index is 14.0. The number of methoxy groups -OCH3 is 1. The molecule has 34 heavy (non-hydrogen) atoms. The van der Waals surface area contributed by atoms with Crippen LogP contribution in [0.1, 0.15) is 17.2 Å². The van der Waals surface area contributed by atoms with Gasteiger partial charge in [0.15, 0.2) is 23.4 Å². The second kappa shape index (κ2) is 10.6. The number of benzene rings is 2. The fourth-order valence-corrected chi connectivity index (χ4v) is 4.57. The molecule has 10 heteroatoms. The lowest BCUT2D eigenvalue weighted by molar-refractivity contribution is 0.159. The molecular formula is C24H27BrF2N6O. The highest BCUT2D eigenvalue weighted by molar-refractivity contribution is 9.10. The second-order valence-electron chi connectivity index (χ2n) is 8.28. The van der Waals surface area contributed by atoms with Gasteiger partial charge in [0.25, 0.3) is 0 Å². The van der Waals surface area contributed by atoms with Gasteiger partial charge in [-0.1, -0.05) is 24.3 Å². The number of aryl methyl sites for hydroxylation is 1. The number of guanidine groups is 1. The van der Waals surface area contributed by atoms with E-state index in [1.165, 1.54) is 6.07 Å². The van der Waals surface area contributed by atoms with Gasteiger partial charge in [0.2, 0.25) is 0 Å². The summed E-state index contributed by atoms with van der Waals surface area (Å²) in [7, 11) is 1.65. The van der Waals surface area contributed by atoms with Gasteiger partial charge >= 0.3 is 0 Å². The van der Waals surface area contributed by atoms with Gasteiger partial charge in [0.05, 0.1) is 22.5 Å². The Bertz CT molecular complexity index is 1160. The van der Waals surface area contributed by atoms with E-state index in [0.717, 1.165) is 21.9 Å². The summed E-state index contributed by atoms with van der Waals surface area (Å²) in [6, 6.07) is 13.5. The second-order valence-corrected chi connectivity index (χ2v) is 9.07. The highest BCUT2D eigenvalue weighted by Gasteiger charge is 2.34. The number of rotatable bonds is 7. The first-order chi connectivity index (χ1) is 16.4. The molecule has 2 heterocycles. The molecule has 3 aromatic rings. The average Bonchev–Trinajstić information content (AvgIpc) is 3.35. The highest BCUT2D eigenvalue weighted by atomic mass is 79.9. The SMILES string of the molecule is COCCN1C[C@@H](NC(=N)Nc2c(Br)c(C)nn2-c2ccccc2)[C@H](c2ccc(F)c(F)c2)C1. The Morgan fingerprint density at radius 3 is 2.65 bits per heavy atom. The van der Waals surface area contributed by atoms with Crippen LogP contribution in [-0.4, -0.2) is 60.0 Å². The number of halogens is 3. The minimum Gasteiger partial charge on any atom is -0.383 e. The van der Waals surface area contributed by atoms with Gasteiger partial charge in [0, 0.05) is 38.7 Å². The molecule has 0 aliphatic carbocycles. The standard InChI is InChI=1S/C24H27BrF2N6O/c1-15-22(25)23(33(31-15)17-6-4-3-5-7-17)30-24(28)29-21-14-32(10-11-34-2)13-18(21)16-8-9-19(26)20(27)12-16/h3-9,12,18,21H,10-11,13-14H2,1-2H3,(H3,28,29,30)/t18-,21+/m0/s1. The van der Waals surface area contributed by atoms with Gasteiger partial charge in [-0.15, -0.1) is 0 Å². The van der Waals surface area contributed by atoms with E-state index in [1.54, 1.807) is 17.9 Å². The van der Waals surface area contributed by atoms with E-state index in [1.807, 2.05) is 37.3 Å². The monoisotopic (exact) mass is 532 g/mol. The maximum atomic E-state index is 14.0. The van der Waals surface area contributed by atoms with Gasteiger partial charge in [-0.05, 0) is 52.7 Å². The molecular weight excluding hydrogens is 506 g/mol. The lowest BCUT2D eigenvalue weighted by atomic mass is 9.94. The third-order valence-corrected chi connectivity index (χ3v) is 6.89. The minimum absolute atomic E-state index is 0.0870. The number of hydrogen-bond acceptors (Lipinski definition) is 4. The van der Waals surface area contributed by atoms with Crippen LogP contribution in [0.25, 0.3) is 5.69 Å². The molecule has 2 aromatic carbocycles. The van der Waals surface area contributed by atoms with Gasteiger partial charge in [0.1, 0.15) is 0 Å². The van der Waals surface area contributed by atoms with E-state index in [-0.39, 0.29) is 17.9 Å². The zero-order valence-corrected chi connectivity index (χ0v) is 20.6. The number of hydrogen-bond donors (Lipinski definition) is 3. The Hall–Kier alpha value is -2.82. The van der Waals surface area contributed by atoms with Crippen LogP contribution < -0.4 is 10.6 Å². The number of nitrogens with zero attached hydrogens (tertiary/aromatic N) is 3. The van der Waals surface area contributed by atoms with Crippen LogP contribution in [0.2, 0.25) is 0 Å². The van der Waals surface area contributed by atoms with Crippen molar-refractivity contribution >= 4 is 27.7 Å². The number of nitrogens with one attached hydrogen (secondary N) is 3. The van der Waals surface area contributed by atoms with Gasteiger partial charge in [-0.25, -0.2) is 13.5 Å². The first-order valence-electron chi connectivity index (χ1n) is 11.0. The van der Waals surface area contributed by atoms with E-state index in [4.69, 9.17) is 10.1 Å². The van der Waals surface area contributed by atoms with Crippen molar-refractivity contribution in [2.45, 2.75) is 18.9 Å². The molecule has 0 amide bonds. The zero-order chi connectivity index (χ0) is 24.2. The molecule has 0 bridgehead atoms. The van der Waals surface area contributed by atoms with Crippen molar-refractivity contribution in [3.8, 4) is 5.69 Å². The molecule has 3 N–H and O–H groups in total. The first-order valence-corrected chi connectivity index (χ1v) is 11.8. The minimum atomic E-state index is -0.869. The highest BCUT2D eigenvalue weighted by Crippen LogP contribution is 2.30. The Labute approximate surface area is 205 Å². The molecule has 1 aliphatic heterocycles. The molecule has 0 spiro atoms. The van der Waals surface area contributed by atoms with Crippen molar-refractivity contribution in [1.82, 2.24) is 20.0 Å². The summed E-state index contributed by atoms with van der Waals surface area (Å²) in [5, 5.41) is 19.6. The zero-order valence-electron chi connectivity index (χ0n) is 19.0. The lowest BCUT2D eigenvalue weighted by Gasteiger charge is -2.22. The number of aromatic nitrogens is 2. The van der Waals surface area contributed by atoms with Crippen molar-refractivity contribution in [2.24, 2.45) is 0 Å². The molecule has 4 rings (SSSR count). The fourth-order valence-electron chi connectivity index (χ4n) is 4.23. The van der Waals surface area contributed by atoms with Crippen molar-refractivity contribution in [3.05, 3.63) is 75.9 Å². The van der Waals surface area contributed by atoms with Crippen LogP contribution in [0.4, 0.5) is 14.6 Å². The molecule has 1 saturated heterocycles. The van der Waals surface area contributed by atoms with E-state index >= 15 is 0 Å². The summed E-state index contributed by atoms with van der Waals surface area (Å²) in [5.41, 5.74) is 2.33. The van der Waals surface area contributed by atoms with Crippen molar-refractivity contribution in [3.63, 3.8) is 0 Å². The van der Waals surface area contributed by atoms with Crippen molar-refractivity contribution in [2.75, 3.05) is 38.7 Å². The Morgan fingerprint density at radius 2 is 1.94 bits per heavy atom. The molecule has 1 aliphatic rings. The molecule has 180 valence electrons. The number of likely N-dealkylation sites (tertiary alicyclic amines) is 1. The molecule has 7 nitrogen and oxygen atoms in total. The summed E-state index contributed by atoms with van der Waals surface area (Å²) in [6.45, 7) is 4.44. The summed E-state index contributed by atoms with van der Waals surface area (Å²) in [6.07, 6.45) is 0. The van der Waals surface area contributed by atoms with Crippen LogP contribution in [0.5, 0.6) is 0 Å². The lowest BCUT2D eigenvalue weighted by Crippen LogP contribution is -2.43. The fraction of sp³-hybridized carbons (Fsp3) is 0.333. The number of ether oxygens (including phenoxy) is 1. The molecule has 0 radical (unpaired) electrons. The number of anilines is 1. The maximum Gasteiger partial charge on any atom is 0.194 e. The van der Waals surface area contributed by atoms with Gasteiger partial charge in [-0.3, -0.25) is 10.3 Å². The van der Waals surface area contributed by atoms with E-state index < -0.39 is 11.6 Å². The van der Waals surface area contributed by atoms with Crippen LogP contribution >= 0.6 is 15.9 Å². The third kappa shape index (κ3) is 5.29. The topological polar surface area (TPSA) is 78.2 Å². The molecule has 0 saturated carbocycles. The molecule has 0 unspecified atom stereocenters. The average molecular weight is 533 g/mol. The van der Waals surface area contributed by atoms with Crippen LogP contribution in [-0.2, 0) is 4.74 Å². The van der Waals surface area contributed by atoms with Crippen molar-refractivity contribution < 1.29 is 13.5 Å². The van der Waals surface area contributed by atoms with E-state index in [9.17, 15) is 8.78 Å². The molecule has 1 aromatic heterocycles. The summed E-state index contributed by atoms with van der Waals surface area (Å²) in [5.74, 6) is -1.15. The van der Waals surface area contributed by atoms with Crippen LogP contribution in [0.15, 0.2) is 53.0 Å². The van der Waals surface area contributed by atoms with Gasteiger partial charge < -0.3 is 15.4 Å². The largest absolute Gasteiger partial charge is 0.383 e. The predicted molar refractivity (Wildman–Crippen MR) is 132 cm³/mol. The first kappa shape index (κ1) is 24.3. The summed E-state index contributed by atoms with van der Waals surface area (Å²) in [4.78, 5) is 2.19. The Kier molecular flexibility index (Phi) is 7.60. The quantitative estimate of drug-likeness (QED) is 0.313. The van der Waals surface area contributed by atoms with E-state index in [0.29, 0.717) is 37.6 Å². The Balaban J connectivity index is 1.54. The number of para-hydroxylation sites is 1. The van der Waals surface area contributed by atoms with E-state index in [2.05, 4.69) is 36.6 Å². The molecule has 1 fully saturated rings. The normalized spacial score (nSPS) is 18.3. The van der Waals surface area contributed by atoms with Gasteiger partial charge in [-0.2, -0.15) is 5.10 Å². The molecule has 2 atom stereocenters. The third-order valence-electron chi connectivity index (χ3n) is 5.94. The smallest absolute Gasteiger partial charge is 0.194 e. The van der Waals surface area contributed by atoms with Crippen LogP contribution in [0.3, 0.4) is 0 Å². The van der Waals surface area contributed by atoms with Crippen molar-refractivity contribution in [1.29, 1.82) is 5.41 Å². The summed E-state index contributed by atoms with van der Waals surface area (Å²) < 4.78 is 35.2. The predicted octanol–water partition coefficient (Wildman–Crippen LogP) is 4.27. The summed E-state index contributed by atoms with van der Waals surface area (Å²) >= 11 is 3.57.